The van der Waals surface area contributed by atoms with Crippen LogP contribution < -0.4 is 0 Å². The van der Waals surface area contributed by atoms with Gasteiger partial charge in [0, 0.05) is 0 Å². The molecule has 15 heavy (non-hydrogen) atoms. The summed E-state index contributed by atoms with van der Waals surface area (Å²) in [6, 6.07) is 7.80. The first-order valence-corrected chi connectivity index (χ1v) is 4.88. The summed E-state index contributed by atoms with van der Waals surface area (Å²) in [5, 5.41) is 7.66. The Bertz CT molecular complexity index is 366. The third-order valence-corrected chi connectivity index (χ3v) is 1.81. The highest BCUT2D eigenvalue weighted by Crippen LogP contribution is 2.02. The molecule has 0 aliphatic carbocycles. The topological polar surface area (TPSA) is 38.9 Å². The smallest absolute Gasteiger partial charge is 0.101 e. The van der Waals surface area contributed by atoms with Gasteiger partial charge in [-0.25, -0.2) is 0 Å². The van der Waals surface area contributed by atoms with Crippen LogP contribution in [-0.4, -0.2) is 10.2 Å². The highest BCUT2D eigenvalue weighted by molar-refractivity contribution is 5.03. The predicted octanol–water partition coefficient (Wildman–Crippen LogP) is 2.99. The summed E-state index contributed by atoms with van der Waals surface area (Å²) in [7, 11) is 0. The Kier molecular flexibility index (Phi) is 4.03. The van der Waals surface area contributed by atoms with E-state index in [9.17, 15) is 0 Å². The standard InChI is InChI=1S/C6H8N2.C6H8O/c1-5-3-4-6(2)8-7-5;1-5-3-4-6(2)7-5/h3-4H,1-2H3;3-4H,1-2H3. The van der Waals surface area contributed by atoms with E-state index in [4.69, 9.17) is 4.42 Å². The van der Waals surface area contributed by atoms with Gasteiger partial charge in [0.05, 0.1) is 11.4 Å². The van der Waals surface area contributed by atoms with E-state index >= 15 is 0 Å². The van der Waals surface area contributed by atoms with Crippen LogP contribution in [0.4, 0.5) is 0 Å². The van der Waals surface area contributed by atoms with Gasteiger partial charge >= 0.3 is 0 Å². The molecule has 0 unspecified atom stereocenters. The van der Waals surface area contributed by atoms with Crippen LogP contribution in [0.1, 0.15) is 22.9 Å². The van der Waals surface area contributed by atoms with Crippen LogP contribution in [0.2, 0.25) is 0 Å². The van der Waals surface area contributed by atoms with Gasteiger partial charge < -0.3 is 4.42 Å². The third kappa shape index (κ3) is 4.40. The van der Waals surface area contributed by atoms with Crippen LogP contribution in [0.3, 0.4) is 0 Å². The first-order valence-electron chi connectivity index (χ1n) is 4.88. The Morgan fingerprint density at radius 2 is 1.13 bits per heavy atom. The summed E-state index contributed by atoms with van der Waals surface area (Å²) in [6.45, 7) is 7.72. The molecule has 2 aromatic rings. The number of furan rings is 1. The van der Waals surface area contributed by atoms with Crippen molar-refractivity contribution in [2.75, 3.05) is 0 Å². The first-order chi connectivity index (χ1) is 7.08. The second-order valence-corrected chi connectivity index (χ2v) is 3.47. The third-order valence-electron chi connectivity index (χ3n) is 1.81. The molecule has 0 N–H and O–H groups in total. The van der Waals surface area contributed by atoms with Crippen LogP contribution in [0, 0.1) is 27.7 Å². The van der Waals surface area contributed by atoms with E-state index in [-0.39, 0.29) is 0 Å². The number of aromatic nitrogens is 2. The molecule has 0 aliphatic heterocycles. The van der Waals surface area contributed by atoms with Crippen molar-refractivity contribution < 1.29 is 4.42 Å². The lowest BCUT2D eigenvalue weighted by Crippen LogP contribution is -1.86. The van der Waals surface area contributed by atoms with Crippen molar-refractivity contribution in [3.05, 3.63) is 47.2 Å². The molecule has 2 heterocycles. The van der Waals surface area contributed by atoms with Gasteiger partial charge in [-0.3, -0.25) is 0 Å². The molecular weight excluding hydrogens is 188 g/mol. The molecule has 0 aromatic carbocycles. The van der Waals surface area contributed by atoms with E-state index in [1.165, 1.54) is 0 Å². The van der Waals surface area contributed by atoms with Crippen molar-refractivity contribution in [2.45, 2.75) is 27.7 Å². The summed E-state index contributed by atoms with van der Waals surface area (Å²) in [5.41, 5.74) is 1.94. The quantitative estimate of drug-likeness (QED) is 0.662. The van der Waals surface area contributed by atoms with Crippen LogP contribution in [0.25, 0.3) is 0 Å². The number of nitrogens with zero attached hydrogens (tertiary/aromatic N) is 2. The summed E-state index contributed by atoms with van der Waals surface area (Å²) < 4.78 is 5.08. The molecule has 2 rings (SSSR count). The van der Waals surface area contributed by atoms with Gasteiger partial charge in [-0.15, -0.1) is 0 Å². The Morgan fingerprint density at radius 1 is 0.733 bits per heavy atom. The van der Waals surface area contributed by atoms with Gasteiger partial charge in [0.15, 0.2) is 0 Å². The fourth-order valence-corrected chi connectivity index (χ4v) is 1.02. The number of rotatable bonds is 0. The monoisotopic (exact) mass is 204 g/mol. The van der Waals surface area contributed by atoms with Crippen LogP contribution in [0.15, 0.2) is 28.7 Å². The Balaban J connectivity index is 0.000000151. The molecular formula is C12H16N2O. The van der Waals surface area contributed by atoms with Gasteiger partial charge in [0.1, 0.15) is 11.5 Å². The summed E-state index contributed by atoms with van der Waals surface area (Å²) in [4.78, 5) is 0. The molecule has 0 amide bonds. The van der Waals surface area contributed by atoms with E-state index in [1.54, 1.807) is 0 Å². The minimum absolute atomic E-state index is 0.968. The summed E-state index contributed by atoms with van der Waals surface area (Å²) in [6.07, 6.45) is 0. The van der Waals surface area contributed by atoms with Crippen LogP contribution in [0.5, 0.6) is 0 Å². The van der Waals surface area contributed by atoms with E-state index in [0.29, 0.717) is 0 Å². The molecule has 0 spiro atoms. The molecule has 0 fully saturated rings. The molecule has 3 heteroatoms. The Morgan fingerprint density at radius 3 is 1.33 bits per heavy atom. The average molecular weight is 204 g/mol. The maximum Gasteiger partial charge on any atom is 0.101 e. The van der Waals surface area contributed by atoms with Crippen molar-refractivity contribution in [3.8, 4) is 0 Å². The Hall–Kier alpha value is -1.64. The van der Waals surface area contributed by atoms with E-state index in [0.717, 1.165) is 22.9 Å². The van der Waals surface area contributed by atoms with Crippen molar-refractivity contribution >= 4 is 0 Å². The maximum atomic E-state index is 5.08. The number of hydrogen-bond acceptors (Lipinski definition) is 3. The highest BCUT2D eigenvalue weighted by Gasteiger charge is 1.85. The van der Waals surface area contributed by atoms with E-state index in [1.807, 2.05) is 52.0 Å². The van der Waals surface area contributed by atoms with Crippen molar-refractivity contribution in [3.63, 3.8) is 0 Å². The van der Waals surface area contributed by atoms with E-state index in [2.05, 4.69) is 10.2 Å². The molecule has 0 atom stereocenters. The SMILES string of the molecule is Cc1ccc(C)nn1.Cc1ccc(C)o1. The van der Waals surface area contributed by atoms with Crippen LogP contribution in [-0.2, 0) is 0 Å². The highest BCUT2D eigenvalue weighted by atomic mass is 16.3. The van der Waals surface area contributed by atoms with Crippen molar-refractivity contribution in [1.82, 2.24) is 10.2 Å². The molecule has 0 bridgehead atoms. The first kappa shape index (κ1) is 11.4. The second kappa shape index (κ2) is 5.29. The predicted molar refractivity (Wildman–Crippen MR) is 59.7 cm³/mol. The molecule has 0 saturated carbocycles. The average Bonchev–Trinajstić information content (AvgIpc) is 2.56. The molecule has 3 nitrogen and oxygen atoms in total. The normalized spacial score (nSPS) is 9.33. The molecule has 2 aromatic heterocycles. The van der Waals surface area contributed by atoms with Gasteiger partial charge in [-0.2, -0.15) is 10.2 Å². The van der Waals surface area contributed by atoms with Gasteiger partial charge in [-0.05, 0) is 52.0 Å². The van der Waals surface area contributed by atoms with Crippen molar-refractivity contribution in [1.29, 1.82) is 0 Å². The molecule has 0 aliphatic rings. The van der Waals surface area contributed by atoms with Gasteiger partial charge in [0.2, 0.25) is 0 Å². The molecule has 0 saturated heterocycles. The lowest BCUT2D eigenvalue weighted by Gasteiger charge is -1.87. The zero-order valence-electron chi connectivity index (χ0n) is 9.61. The minimum atomic E-state index is 0.968. The summed E-state index contributed by atoms with van der Waals surface area (Å²) >= 11 is 0. The zero-order chi connectivity index (χ0) is 11.3. The van der Waals surface area contributed by atoms with Crippen LogP contribution >= 0.6 is 0 Å². The maximum absolute atomic E-state index is 5.08. The lowest BCUT2D eigenvalue weighted by atomic mass is 10.4. The van der Waals surface area contributed by atoms with E-state index < -0.39 is 0 Å². The molecule has 0 radical (unpaired) electrons. The fraction of sp³-hybridized carbons (Fsp3) is 0.333. The zero-order valence-corrected chi connectivity index (χ0v) is 9.61. The Labute approximate surface area is 90.2 Å². The largest absolute Gasteiger partial charge is 0.467 e. The van der Waals surface area contributed by atoms with Crippen molar-refractivity contribution in [2.24, 2.45) is 0 Å². The number of hydrogen-bond donors (Lipinski definition) is 0. The minimum Gasteiger partial charge on any atom is -0.467 e. The lowest BCUT2D eigenvalue weighted by molar-refractivity contribution is 0.504. The fourth-order valence-electron chi connectivity index (χ4n) is 1.02. The number of aryl methyl sites for hydroxylation is 4. The van der Waals surface area contributed by atoms with Gasteiger partial charge in [0.25, 0.3) is 0 Å². The summed E-state index contributed by atoms with van der Waals surface area (Å²) in [5.74, 6) is 1.97. The molecule has 80 valence electrons. The second-order valence-electron chi connectivity index (χ2n) is 3.47. The van der Waals surface area contributed by atoms with Gasteiger partial charge in [-0.1, -0.05) is 0 Å².